The molecular formula is C35H41N5O10. The summed E-state index contributed by atoms with van der Waals surface area (Å²) in [5, 5.41) is 10.8. The van der Waals surface area contributed by atoms with Crippen LogP contribution in [0.5, 0.6) is 0 Å². The van der Waals surface area contributed by atoms with Gasteiger partial charge >= 0.3 is 12.0 Å². The molecule has 0 unspecified atom stereocenters. The van der Waals surface area contributed by atoms with Crippen molar-refractivity contribution in [3.63, 3.8) is 0 Å². The molecule has 4 N–H and O–H groups in total. The van der Waals surface area contributed by atoms with Gasteiger partial charge in [0.25, 0.3) is 11.8 Å². The van der Waals surface area contributed by atoms with Crippen LogP contribution in [-0.4, -0.2) is 86.1 Å². The van der Waals surface area contributed by atoms with E-state index in [1.54, 1.807) is 30.3 Å². The number of nitrogens with zero attached hydrogens (tertiary/aromatic N) is 1. The Hall–Kier alpha value is -5.41. The number of benzene rings is 2. The number of unbranched alkanes of at least 4 members (excludes halogenated alkanes) is 2. The normalized spacial score (nSPS) is 15.4. The van der Waals surface area contributed by atoms with Gasteiger partial charge in [0.2, 0.25) is 17.7 Å². The van der Waals surface area contributed by atoms with Crippen molar-refractivity contribution < 1.29 is 47.9 Å². The number of rotatable bonds is 19. The molecule has 2 aliphatic heterocycles. The van der Waals surface area contributed by atoms with Crippen molar-refractivity contribution in [2.45, 2.75) is 50.4 Å². The molecule has 50 heavy (non-hydrogen) atoms. The van der Waals surface area contributed by atoms with Crippen LogP contribution in [0.3, 0.4) is 0 Å². The minimum Gasteiger partial charge on any atom is -0.377 e. The fraction of sp³-hybridized carbons (Fsp3) is 0.400. The molecule has 0 radical (unpaired) electrons. The van der Waals surface area contributed by atoms with E-state index in [9.17, 15) is 33.6 Å². The molecule has 2 aliphatic rings. The van der Waals surface area contributed by atoms with E-state index < -0.39 is 29.2 Å². The predicted molar refractivity (Wildman–Crippen MR) is 177 cm³/mol. The van der Waals surface area contributed by atoms with Gasteiger partial charge in [-0.1, -0.05) is 49.8 Å². The summed E-state index contributed by atoms with van der Waals surface area (Å²) in [6, 6.07) is 13.6. The first-order valence-electron chi connectivity index (χ1n) is 16.4. The largest absolute Gasteiger partial charge is 0.377 e. The minimum absolute atomic E-state index is 0.142. The number of barbiturate groups is 1. The van der Waals surface area contributed by atoms with Crippen LogP contribution in [0.25, 0.3) is 0 Å². The fourth-order valence-corrected chi connectivity index (χ4v) is 5.41. The Morgan fingerprint density at radius 1 is 0.760 bits per heavy atom. The summed E-state index contributed by atoms with van der Waals surface area (Å²) in [6.07, 6.45) is 2.81. The molecular weight excluding hydrogens is 650 g/mol. The number of carbonyl (C=O) groups excluding carboxylic acids is 7. The van der Waals surface area contributed by atoms with Gasteiger partial charge in [0.1, 0.15) is 0 Å². The van der Waals surface area contributed by atoms with Crippen molar-refractivity contribution >= 4 is 41.5 Å². The highest BCUT2D eigenvalue weighted by atomic mass is 16.7. The third-order valence-electron chi connectivity index (χ3n) is 8.12. The van der Waals surface area contributed by atoms with Crippen LogP contribution in [0.1, 0.15) is 71.2 Å². The number of urea groups is 1. The molecule has 0 bridgehead atoms. The lowest BCUT2D eigenvalue weighted by Gasteiger charge is -2.34. The number of nitrogens with one attached hydrogen (secondary N) is 4. The van der Waals surface area contributed by atoms with E-state index in [2.05, 4.69) is 27.8 Å². The summed E-state index contributed by atoms with van der Waals surface area (Å²) in [4.78, 5) is 91.0. The molecule has 15 nitrogen and oxygen atoms in total. The smallest absolute Gasteiger partial charge is 0.363 e. The first-order chi connectivity index (χ1) is 24.1. The average Bonchev–Trinajstić information content (AvgIpc) is 3.42. The Morgan fingerprint density at radius 2 is 1.38 bits per heavy atom. The highest BCUT2D eigenvalue weighted by Gasteiger charge is 2.51. The maximum Gasteiger partial charge on any atom is 0.363 e. The van der Waals surface area contributed by atoms with Crippen molar-refractivity contribution in [1.29, 1.82) is 0 Å². The van der Waals surface area contributed by atoms with Crippen LogP contribution in [0.2, 0.25) is 0 Å². The van der Waals surface area contributed by atoms with Gasteiger partial charge in [0.05, 0.1) is 37.7 Å². The third-order valence-corrected chi connectivity index (χ3v) is 8.12. The minimum atomic E-state index is -1.50. The van der Waals surface area contributed by atoms with Crippen LogP contribution < -0.4 is 21.3 Å². The monoisotopic (exact) mass is 691 g/mol. The molecule has 15 heteroatoms. The van der Waals surface area contributed by atoms with Gasteiger partial charge in [-0.05, 0) is 49.1 Å². The topological polar surface area (TPSA) is 199 Å². The first-order valence-corrected chi connectivity index (χ1v) is 16.4. The van der Waals surface area contributed by atoms with Crippen LogP contribution in [-0.2, 0) is 38.9 Å². The number of amides is 7. The molecule has 4 rings (SSSR count). The quantitative estimate of drug-likeness (QED) is 0.125. The zero-order chi connectivity index (χ0) is 35.9. The molecule has 0 spiro atoms. The van der Waals surface area contributed by atoms with Gasteiger partial charge in [0, 0.05) is 31.5 Å². The molecule has 0 aromatic heterocycles. The van der Waals surface area contributed by atoms with E-state index in [-0.39, 0.29) is 55.7 Å². The van der Waals surface area contributed by atoms with E-state index in [1.165, 1.54) is 24.3 Å². The molecule has 2 saturated heterocycles. The molecule has 2 aromatic carbocycles. The molecule has 2 heterocycles. The number of carbonyl (C=O) groups is 7. The van der Waals surface area contributed by atoms with Crippen molar-refractivity contribution in [3.8, 4) is 0 Å². The molecule has 0 aliphatic carbocycles. The molecule has 2 aromatic rings. The second-order valence-electron chi connectivity index (χ2n) is 11.6. The summed E-state index contributed by atoms with van der Waals surface area (Å²) in [5.41, 5.74) is -0.0582. The second kappa shape index (κ2) is 18.4. The zero-order valence-corrected chi connectivity index (χ0v) is 27.6. The van der Waals surface area contributed by atoms with Crippen LogP contribution in [0.15, 0.2) is 66.9 Å². The Morgan fingerprint density at radius 3 is 2.00 bits per heavy atom. The van der Waals surface area contributed by atoms with E-state index in [0.29, 0.717) is 68.9 Å². The summed E-state index contributed by atoms with van der Waals surface area (Å²) < 4.78 is 10.9. The molecule has 266 valence electrons. The average molecular weight is 692 g/mol. The van der Waals surface area contributed by atoms with Gasteiger partial charge < -0.3 is 24.9 Å². The van der Waals surface area contributed by atoms with E-state index in [1.807, 2.05) is 0 Å². The predicted octanol–water partition coefficient (Wildman–Crippen LogP) is 2.03. The van der Waals surface area contributed by atoms with Gasteiger partial charge in [-0.15, -0.1) is 5.06 Å². The summed E-state index contributed by atoms with van der Waals surface area (Å²) >= 11 is 0. The Kier molecular flexibility index (Phi) is 13.8. The highest BCUT2D eigenvalue weighted by molar-refractivity contribution is 6.22. The van der Waals surface area contributed by atoms with Crippen molar-refractivity contribution in [2.75, 3.05) is 39.5 Å². The third kappa shape index (κ3) is 10.1. The van der Waals surface area contributed by atoms with E-state index >= 15 is 0 Å². The molecule has 7 amide bonds. The Labute approximate surface area is 289 Å². The lowest BCUT2D eigenvalue weighted by atomic mass is 9.73. The molecule has 0 atom stereocenters. The number of hydrogen-bond donors (Lipinski definition) is 4. The van der Waals surface area contributed by atoms with Gasteiger partial charge in [0.15, 0.2) is 5.41 Å². The fourth-order valence-electron chi connectivity index (χ4n) is 5.41. The zero-order valence-electron chi connectivity index (χ0n) is 27.6. The second-order valence-corrected chi connectivity index (χ2v) is 11.6. The number of hydrogen-bond acceptors (Lipinski definition) is 10. The van der Waals surface area contributed by atoms with Gasteiger partial charge in [-0.25, -0.2) is 9.59 Å². The maximum absolute atomic E-state index is 12.8. The van der Waals surface area contributed by atoms with Gasteiger partial charge in [-0.2, -0.15) is 0 Å². The van der Waals surface area contributed by atoms with E-state index in [4.69, 9.17) is 14.3 Å². The van der Waals surface area contributed by atoms with Crippen molar-refractivity contribution in [3.05, 3.63) is 83.6 Å². The van der Waals surface area contributed by atoms with Crippen molar-refractivity contribution in [2.24, 2.45) is 0 Å². The lowest BCUT2D eigenvalue weighted by molar-refractivity contribution is -0.153. The SMILES string of the molecule is C=C1CCC(=O)N1OC(=O)c1ccc(C(=O)NCCOCCOCCNC(=O)CCCCCC2(c3ccccc3)C(=O)NC(=O)NC2=O)cc1. The first kappa shape index (κ1) is 37.4. The van der Waals surface area contributed by atoms with Crippen LogP contribution in [0, 0.1) is 0 Å². The molecule has 2 fully saturated rings. The van der Waals surface area contributed by atoms with Crippen LogP contribution >= 0.6 is 0 Å². The summed E-state index contributed by atoms with van der Waals surface area (Å²) in [7, 11) is 0. The number of hydroxylamine groups is 2. The number of ether oxygens (including phenoxy) is 2. The standard InChI is InChI=1S/C35H41N5O10/c1-24-11-16-29(42)40(24)50-31(44)26-14-12-25(13-15-26)30(43)37-19-21-49-23-22-48-20-18-36-28(41)10-6-3-7-17-35(27-8-4-2-5-9-27)32(45)38-34(47)39-33(35)46/h2,4-5,8-9,12-15H,1,3,6-7,10-11,16-23H2,(H,36,41)(H,37,43)(H2,38,39,45,46,47). The lowest BCUT2D eigenvalue weighted by Crippen LogP contribution is -2.64. The Balaban J connectivity index is 1.00. The van der Waals surface area contributed by atoms with Gasteiger partial charge in [-0.3, -0.25) is 34.6 Å². The summed E-state index contributed by atoms with van der Waals surface area (Å²) in [5.74, 6) is -2.85. The highest BCUT2D eigenvalue weighted by Crippen LogP contribution is 2.33. The molecule has 0 saturated carbocycles. The number of imide groups is 2. The van der Waals surface area contributed by atoms with Crippen LogP contribution in [0.4, 0.5) is 4.79 Å². The van der Waals surface area contributed by atoms with E-state index in [0.717, 1.165) is 5.06 Å². The number of allylic oxidation sites excluding steroid dienone is 1. The maximum atomic E-state index is 12.8. The Bertz CT molecular complexity index is 1540. The summed E-state index contributed by atoms with van der Waals surface area (Å²) in [6.45, 7) is 5.41. The van der Waals surface area contributed by atoms with Crippen molar-refractivity contribution in [1.82, 2.24) is 26.3 Å².